The largest absolute Gasteiger partial charge is 0.497 e. The fourth-order valence-corrected chi connectivity index (χ4v) is 2.60. The van der Waals surface area contributed by atoms with Crippen LogP contribution in [0.1, 0.15) is 5.56 Å². The van der Waals surface area contributed by atoms with Gasteiger partial charge in [-0.2, -0.15) is 14.9 Å². The zero-order valence-corrected chi connectivity index (χ0v) is 14.9. The van der Waals surface area contributed by atoms with Crippen molar-refractivity contribution in [2.24, 2.45) is 5.10 Å². The van der Waals surface area contributed by atoms with Crippen molar-refractivity contribution in [3.05, 3.63) is 62.8 Å². The Bertz CT molecular complexity index is 947. The molecule has 5 nitrogen and oxygen atoms in total. The SMILES string of the molecule is COc1ccc(-c2n[nH]c(=S)n2N=Cc2cccc(Cl)c2Cl)cc1. The smallest absolute Gasteiger partial charge is 0.216 e. The summed E-state index contributed by atoms with van der Waals surface area (Å²) in [4.78, 5) is 0. The van der Waals surface area contributed by atoms with Crippen molar-refractivity contribution in [3.8, 4) is 17.1 Å². The Hall–Kier alpha value is -2.15. The maximum absolute atomic E-state index is 6.17. The first-order chi connectivity index (χ1) is 11.6. The summed E-state index contributed by atoms with van der Waals surface area (Å²) in [5.74, 6) is 1.34. The molecule has 0 amide bonds. The van der Waals surface area contributed by atoms with Gasteiger partial charge in [-0.15, -0.1) is 0 Å². The van der Waals surface area contributed by atoms with Crippen LogP contribution in [-0.4, -0.2) is 28.2 Å². The second-order valence-corrected chi connectivity index (χ2v) is 5.95. The fourth-order valence-electron chi connectivity index (χ4n) is 2.07. The lowest BCUT2D eigenvalue weighted by molar-refractivity contribution is 0.415. The van der Waals surface area contributed by atoms with E-state index in [1.165, 1.54) is 4.68 Å². The number of H-pyrrole nitrogens is 1. The predicted molar refractivity (Wildman–Crippen MR) is 98.9 cm³/mol. The third-order valence-corrected chi connectivity index (χ3v) is 4.39. The highest BCUT2D eigenvalue weighted by Crippen LogP contribution is 2.25. The van der Waals surface area contributed by atoms with Gasteiger partial charge in [0.05, 0.1) is 23.4 Å². The van der Waals surface area contributed by atoms with E-state index in [0.29, 0.717) is 26.2 Å². The number of rotatable bonds is 4. The fraction of sp³-hybridized carbons (Fsp3) is 0.0625. The van der Waals surface area contributed by atoms with Gasteiger partial charge < -0.3 is 4.74 Å². The molecular weight excluding hydrogens is 367 g/mol. The highest BCUT2D eigenvalue weighted by Gasteiger charge is 2.09. The van der Waals surface area contributed by atoms with Crippen molar-refractivity contribution < 1.29 is 4.74 Å². The Balaban J connectivity index is 1.99. The molecule has 0 saturated heterocycles. The van der Waals surface area contributed by atoms with Crippen molar-refractivity contribution in [3.63, 3.8) is 0 Å². The minimum Gasteiger partial charge on any atom is -0.497 e. The summed E-state index contributed by atoms with van der Waals surface area (Å²) in [6.45, 7) is 0. The summed E-state index contributed by atoms with van der Waals surface area (Å²) in [5, 5.41) is 12.2. The highest BCUT2D eigenvalue weighted by atomic mass is 35.5. The quantitative estimate of drug-likeness (QED) is 0.523. The molecule has 0 bridgehead atoms. The maximum Gasteiger partial charge on any atom is 0.216 e. The molecule has 3 rings (SSSR count). The molecule has 8 heteroatoms. The summed E-state index contributed by atoms with van der Waals surface area (Å²) >= 11 is 17.4. The first-order valence-corrected chi connectivity index (χ1v) is 8.07. The summed E-state index contributed by atoms with van der Waals surface area (Å²) in [5.41, 5.74) is 1.53. The summed E-state index contributed by atoms with van der Waals surface area (Å²) in [6, 6.07) is 12.8. The Morgan fingerprint density at radius 3 is 2.67 bits per heavy atom. The molecule has 0 aliphatic carbocycles. The van der Waals surface area contributed by atoms with E-state index in [1.807, 2.05) is 30.3 Å². The molecule has 0 atom stereocenters. The van der Waals surface area contributed by atoms with Crippen LogP contribution >= 0.6 is 35.4 Å². The second kappa shape index (κ2) is 7.17. The van der Waals surface area contributed by atoms with Crippen LogP contribution in [0.3, 0.4) is 0 Å². The lowest BCUT2D eigenvalue weighted by Crippen LogP contribution is -1.95. The zero-order valence-electron chi connectivity index (χ0n) is 12.5. The molecule has 0 saturated carbocycles. The topological polar surface area (TPSA) is 55.2 Å². The van der Waals surface area contributed by atoms with E-state index in [1.54, 1.807) is 25.5 Å². The lowest BCUT2D eigenvalue weighted by atomic mass is 10.2. The number of nitrogens with zero attached hydrogens (tertiary/aromatic N) is 3. The van der Waals surface area contributed by atoms with E-state index in [9.17, 15) is 0 Å². The van der Waals surface area contributed by atoms with Crippen LogP contribution in [0, 0.1) is 4.77 Å². The van der Waals surface area contributed by atoms with Crippen molar-refractivity contribution in [1.29, 1.82) is 0 Å². The van der Waals surface area contributed by atoms with E-state index in [-0.39, 0.29) is 0 Å². The molecule has 3 aromatic rings. The number of nitrogens with one attached hydrogen (secondary N) is 1. The van der Waals surface area contributed by atoms with Crippen LogP contribution in [0.4, 0.5) is 0 Å². The molecule has 122 valence electrons. The van der Waals surface area contributed by atoms with Gasteiger partial charge in [-0.3, -0.25) is 0 Å². The van der Waals surface area contributed by atoms with Gasteiger partial charge >= 0.3 is 0 Å². The minimum absolute atomic E-state index is 0.371. The predicted octanol–water partition coefficient (Wildman–Crippen LogP) is 4.81. The molecule has 24 heavy (non-hydrogen) atoms. The first-order valence-electron chi connectivity index (χ1n) is 6.90. The number of ether oxygens (including phenoxy) is 1. The number of aromatic nitrogens is 3. The van der Waals surface area contributed by atoms with Crippen LogP contribution in [0.5, 0.6) is 5.75 Å². The summed E-state index contributed by atoms with van der Waals surface area (Å²) in [7, 11) is 1.62. The molecular formula is C16H12Cl2N4OS. The second-order valence-electron chi connectivity index (χ2n) is 4.78. The summed E-state index contributed by atoms with van der Waals surface area (Å²) in [6.07, 6.45) is 1.59. The molecule has 1 heterocycles. The van der Waals surface area contributed by atoms with Crippen LogP contribution < -0.4 is 4.74 Å². The van der Waals surface area contributed by atoms with Crippen LogP contribution in [0.15, 0.2) is 47.6 Å². The molecule has 0 radical (unpaired) electrons. The number of halogens is 2. The number of hydrogen-bond acceptors (Lipinski definition) is 4. The van der Waals surface area contributed by atoms with E-state index in [0.717, 1.165) is 11.3 Å². The van der Waals surface area contributed by atoms with Crippen LogP contribution in [0.2, 0.25) is 10.0 Å². The van der Waals surface area contributed by atoms with Gasteiger partial charge in [0.2, 0.25) is 4.77 Å². The highest BCUT2D eigenvalue weighted by molar-refractivity contribution is 7.71. The van der Waals surface area contributed by atoms with Gasteiger partial charge in [0, 0.05) is 11.1 Å². The molecule has 1 aromatic heterocycles. The molecule has 0 spiro atoms. The average molecular weight is 379 g/mol. The van der Waals surface area contributed by atoms with Crippen LogP contribution in [-0.2, 0) is 0 Å². The van der Waals surface area contributed by atoms with Gasteiger partial charge in [0.25, 0.3) is 0 Å². The van der Waals surface area contributed by atoms with Crippen molar-refractivity contribution in [2.45, 2.75) is 0 Å². The van der Waals surface area contributed by atoms with Gasteiger partial charge in [0.15, 0.2) is 5.82 Å². The third-order valence-electron chi connectivity index (χ3n) is 3.29. The van der Waals surface area contributed by atoms with Gasteiger partial charge in [-0.1, -0.05) is 35.3 Å². The van der Waals surface area contributed by atoms with Crippen molar-refractivity contribution in [1.82, 2.24) is 14.9 Å². The third kappa shape index (κ3) is 3.36. The van der Waals surface area contributed by atoms with E-state index in [2.05, 4.69) is 15.3 Å². The van der Waals surface area contributed by atoms with Gasteiger partial charge in [-0.25, -0.2) is 5.10 Å². The maximum atomic E-state index is 6.17. The number of aromatic amines is 1. The molecule has 0 aliphatic rings. The lowest BCUT2D eigenvalue weighted by Gasteiger charge is -2.03. The van der Waals surface area contributed by atoms with Crippen molar-refractivity contribution >= 4 is 41.6 Å². The molecule has 0 aliphatic heterocycles. The Morgan fingerprint density at radius 2 is 1.96 bits per heavy atom. The number of benzene rings is 2. The van der Waals surface area contributed by atoms with Crippen LogP contribution in [0.25, 0.3) is 11.4 Å². The molecule has 0 unspecified atom stereocenters. The van der Waals surface area contributed by atoms with E-state index >= 15 is 0 Å². The van der Waals surface area contributed by atoms with Gasteiger partial charge in [-0.05, 0) is 42.5 Å². The monoisotopic (exact) mass is 378 g/mol. The summed E-state index contributed by atoms with van der Waals surface area (Å²) < 4.78 is 7.05. The van der Waals surface area contributed by atoms with Crippen molar-refractivity contribution in [2.75, 3.05) is 7.11 Å². The van der Waals surface area contributed by atoms with E-state index in [4.69, 9.17) is 40.2 Å². The molecule has 1 N–H and O–H groups in total. The number of hydrogen-bond donors (Lipinski definition) is 1. The molecule has 2 aromatic carbocycles. The Kier molecular flexibility index (Phi) is 4.99. The van der Waals surface area contributed by atoms with Gasteiger partial charge in [0.1, 0.15) is 5.75 Å². The minimum atomic E-state index is 0.371. The zero-order chi connectivity index (χ0) is 17.1. The standard InChI is InChI=1S/C16H12Cl2N4OS/c1-23-12-7-5-10(6-8-12)15-20-21-16(24)22(15)19-9-11-3-2-4-13(17)14(11)18/h2-9H,1H3,(H,21,24). The average Bonchev–Trinajstić information content (AvgIpc) is 2.97. The molecule has 0 fully saturated rings. The Labute approximate surface area is 153 Å². The normalized spacial score (nSPS) is 11.1. The van der Waals surface area contributed by atoms with E-state index < -0.39 is 0 Å². The Morgan fingerprint density at radius 1 is 1.21 bits per heavy atom. The first kappa shape index (κ1) is 16.7. The number of methoxy groups -OCH3 is 1.